The molecule has 7 heteroatoms. The van der Waals surface area contributed by atoms with Gasteiger partial charge in [0.25, 0.3) is 5.91 Å². The van der Waals surface area contributed by atoms with Gasteiger partial charge in [0.05, 0.1) is 10.6 Å². The van der Waals surface area contributed by atoms with Crippen LogP contribution in [0.15, 0.2) is 52.6 Å². The van der Waals surface area contributed by atoms with E-state index in [9.17, 15) is 9.18 Å². The zero-order valence-corrected chi connectivity index (χ0v) is 14.2. The molecule has 1 aliphatic rings. The van der Waals surface area contributed by atoms with Gasteiger partial charge in [-0.15, -0.1) is 11.3 Å². The van der Waals surface area contributed by atoms with Crippen LogP contribution >= 0.6 is 11.3 Å². The Balaban J connectivity index is 1.48. The highest BCUT2D eigenvalue weighted by Gasteiger charge is 2.27. The molecule has 3 heterocycles. The Morgan fingerprint density at radius 1 is 1.12 bits per heavy atom. The average molecular weight is 357 g/mol. The fourth-order valence-electron chi connectivity index (χ4n) is 2.99. The predicted octanol–water partition coefficient (Wildman–Crippen LogP) is 3.50. The third kappa shape index (κ3) is 3.02. The van der Waals surface area contributed by atoms with Crippen LogP contribution in [0.4, 0.5) is 10.1 Å². The van der Waals surface area contributed by atoms with Gasteiger partial charge in [0.1, 0.15) is 5.82 Å². The third-order valence-electron chi connectivity index (χ3n) is 4.28. The van der Waals surface area contributed by atoms with Crippen LogP contribution in [0, 0.1) is 5.82 Å². The largest absolute Gasteiger partial charge is 0.442 e. The number of carbonyl (C=O) groups excluding carboxylic acids is 1. The van der Waals surface area contributed by atoms with E-state index in [-0.39, 0.29) is 11.7 Å². The lowest BCUT2D eigenvalue weighted by Crippen LogP contribution is -2.49. The molecule has 0 saturated carbocycles. The summed E-state index contributed by atoms with van der Waals surface area (Å²) < 4.78 is 19.3. The maximum Gasteiger partial charge on any atom is 0.276 e. The minimum absolute atomic E-state index is 0.148. The number of piperazine rings is 1. The van der Waals surface area contributed by atoms with Crippen molar-refractivity contribution in [2.24, 2.45) is 0 Å². The van der Waals surface area contributed by atoms with Gasteiger partial charge in [0.15, 0.2) is 17.8 Å². The molecule has 2 aromatic heterocycles. The maximum atomic E-state index is 13.9. The number of hydrogen-bond acceptors (Lipinski definition) is 5. The van der Waals surface area contributed by atoms with Gasteiger partial charge >= 0.3 is 0 Å². The summed E-state index contributed by atoms with van der Waals surface area (Å²) in [6.45, 7) is 2.20. The molecule has 0 spiro atoms. The fourth-order valence-corrected chi connectivity index (χ4v) is 3.70. The Kier molecular flexibility index (Phi) is 4.23. The highest BCUT2D eigenvalue weighted by Crippen LogP contribution is 2.29. The van der Waals surface area contributed by atoms with E-state index in [4.69, 9.17) is 4.42 Å². The molecule has 0 N–H and O–H groups in total. The molecule has 1 aromatic carbocycles. The second-order valence-electron chi connectivity index (χ2n) is 5.74. The van der Waals surface area contributed by atoms with E-state index in [1.807, 2.05) is 28.5 Å². The van der Waals surface area contributed by atoms with Crippen LogP contribution < -0.4 is 4.90 Å². The van der Waals surface area contributed by atoms with Crippen LogP contribution in [0.25, 0.3) is 10.6 Å². The van der Waals surface area contributed by atoms with Crippen molar-refractivity contribution in [3.05, 3.63) is 59.7 Å². The van der Waals surface area contributed by atoms with Crippen LogP contribution in [-0.2, 0) is 0 Å². The van der Waals surface area contributed by atoms with E-state index >= 15 is 0 Å². The molecule has 1 aliphatic heterocycles. The number of nitrogens with zero attached hydrogens (tertiary/aromatic N) is 3. The molecular formula is C18H16FN3O2S. The molecule has 4 rings (SSSR count). The fraction of sp³-hybridized carbons (Fsp3) is 0.222. The monoisotopic (exact) mass is 357 g/mol. The number of thiophene rings is 1. The van der Waals surface area contributed by atoms with E-state index in [0.717, 1.165) is 4.88 Å². The summed E-state index contributed by atoms with van der Waals surface area (Å²) in [5, 5.41) is 1.93. The SMILES string of the molecule is O=C(c1ncoc1-c1cccs1)N1CCN(c2ccccc2F)CC1. The molecule has 0 unspecified atom stereocenters. The van der Waals surface area contributed by atoms with Crippen LogP contribution in [0.3, 0.4) is 0 Å². The Bertz CT molecular complexity index is 870. The molecule has 25 heavy (non-hydrogen) atoms. The zero-order chi connectivity index (χ0) is 17.2. The van der Waals surface area contributed by atoms with Gasteiger partial charge in [-0.3, -0.25) is 4.79 Å². The molecular weight excluding hydrogens is 341 g/mol. The van der Waals surface area contributed by atoms with Crippen molar-refractivity contribution < 1.29 is 13.6 Å². The highest BCUT2D eigenvalue weighted by atomic mass is 32.1. The molecule has 1 saturated heterocycles. The minimum Gasteiger partial charge on any atom is -0.442 e. The first kappa shape index (κ1) is 15.8. The summed E-state index contributed by atoms with van der Waals surface area (Å²) in [5.74, 6) is 0.126. The number of aromatic nitrogens is 1. The van der Waals surface area contributed by atoms with Gasteiger partial charge in [0.2, 0.25) is 0 Å². The minimum atomic E-state index is -0.237. The Labute approximate surface area is 148 Å². The number of benzene rings is 1. The average Bonchev–Trinajstić information content (AvgIpc) is 3.33. The topological polar surface area (TPSA) is 49.6 Å². The first-order valence-corrected chi connectivity index (χ1v) is 8.88. The molecule has 1 amide bonds. The summed E-state index contributed by atoms with van der Waals surface area (Å²) >= 11 is 1.50. The van der Waals surface area contributed by atoms with Crippen molar-refractivity contribution >= 4 is 22.9 Å². The molecule has 0 radical (unpaired) electrons. The summed E-state index contributed by atoms with van der Waals surface area (Å²) in [4.78, 5) is 21.5. The Hall–Kier alpha value is -2.67. The number of amides is 1. The first-order valence-electron chi connectivity index (χ1n) is 8.00. The number of para-hydroxylation sites is 1. The van der Waals surface area contributed by atoms with Crippen LogP contribution in [0.5, 0.6) is 0 Å². The van der Waals surface area contributed by atoms with Crippen molar-refractivity contribution in [1.82, 2.24) is 9.88 Å². The smallest absolute Gasteiger partial charge is 0.276 e. The second-order valence-corrected chi connectivity index (χ2v) is 6.69. The summed E-state index contributed by atoms with van der Waals surface area (Å²) in [7, 11) is 0. The van der Waals surface area contributed by atoms with Gasteiger partial charge in [0, 0.05) is 26.2 Å². The number of rotatable bonds is 3. The molecule has 128 valence electrons. The number of oxazole rings is 1. The highest BCUT2D eigenvalue weighted by molar-refractivity contribution is 7.13. The standard InChI is InChI=1S/C18H16FN3O2S/c19-13-4-1-2-5-14(13)21-7-9-22(10-8-21)18(23)16-17(24-12-20-16)15-6-3-11-25-15/h1-6,11-12H,7-10H2. The van der Waals surface area contributed by atoms with E-state index in [2.05, 4.69) is 4.98 Å². The second kappa shape index (κ2) is 6.68. The van der Waals surface area contributed by atoms with Crippen LogP contribution in [0.2, 0.25) is 0 Å². The summed E-state index contributed by atoms with van der Waals surface area (Å²) in [5.41, 5.74) is 0.914. The van der Waals surface area contributed by atoms with E-state index in [1.54, 1.807) is 17.0 Å². The molecule has 0 aliphatic carbocycles. The van der Waals surface area contributed by atoms with Gasteiger partial charge in [-0.05, 0) is 23.6 Å². The van der Waals surface area contributed by atoms with E-state index in [1.165, 1.54) is 23.8 Å². The predicted molar refractivity (Wildman–Crippen MR) is 94.3 cm³/mol. The van der Waals surface area contributed by atoms with Crippen LogP contribution in [0.1, 0.15) is 10.5 Å². The molecule has 5 nitrogen and oxygen atoms in total. The van der Waals surface area contributed by atoms with E-state index < -0.39 is 0 Å². The van der Waals surface area contributed by atoms with E-state index in [0.29, 0.717) is 43.3 Å². The van der Waals surface area contributed by atoms with Crippen molar-refractivity contribution in [1.29, 1.82) is 0 Å². The number of hydrogen-bond donors (Lipinski definition) is 0. The number of carbonyl (C=O) groups is 1. The van der Waals surface area contributed by atoms with Crippen molar-refractivity contribution in [3.63, 3.8) is 0 Å². The number of anilines is 1. The molecule has 1 fully saturated rings. The van der Waals surface area contributed by atoms with Crippen molar-refractivity contribution in [2.75, 3.05) is 31.1 Å². The summed E-state index contributed by atoms with van der Waals surface area (Å²) in [6.07, 6.45) is 1.30. The lowest BCUT2D eigenvalue weighted by atomic mass is 10.2. The molecule has 3 aromatic rings. The number of halogens is 1. The summed E-state index contributed by atoms with van der Waals surface area (Å²) in [6, 6.07) is 10.5. The molecule has 0 bridgehead atoms. The van der Waals surface area contributed by atoms with Crippen molar-refractivity contribution in [2.45, 2.75) is 0 Å². The normalized spacial score (nSPS) is 14.8. The van der Waals surface area contributed by atoms with Gasteiger partial charge in [-0.1, -0.05) is 18.2 Å². The van der Waals surface area contributed by atoms with Gasteiger partial charge in [-0.25, -0.2) is 9.37 Å². The maximum absolute atomic E-state index is 13.9. The van der Waals surface area contributed by atoms with Crippen LogP contribution in [-0.4, -0.2) is 42.0 Å². The van der Waals surface area contributed by atoms with Crippen molar-refractivity contribution in [3.8, 4) is 10.6 Å². The molecule has 0 atom stereocenters. The van der Waals surface area contributed by atoms with Gasteiger partial charge in [-0.2, -0.15) is 0 Å². The van der Waals surface area contributed by atoms with Gasteiger partial charge < -0.3 is 14.2 Å². The lowest BCUT2D eigenvalue weighted by molar-refractivity contribution is 0.0742. The lowest BCUT2D eigenvalue weighted by Gasteiger charge is -2.36. The zero-order valence-electron chi connectivity index (χ0n) is 13.4. The Morgan fingerprint density at radius 2 is 1.92 bits per heavy atom. The third-order valence-corrected chi connectivity index (χ3v) is 5.14. The Morgan fingerprint density at radius 3 is 2.64 bits per heavy atom. The first-order chi connectivity index (χ1) is 12.2. The quantitative estimate of drug-likeness (QED) is 0.720.